The van der Waals surface area contributed by atoms with Gasteiger partial charge in [0.2, 0.25) is 0 Å². The molecule has 18 unspecified atom stereocenters. The van der Waals surface area contributed by atoms with Crippen molar-refractivity contribution in [3.8, 4) is 0 Å². The first-order chi connectivity index (χ1) is 24.0. The molecule has 5 saturated heterocycles. The van der Waals surface area contributed by atoms with Crippen molar-refractivity contribution in [2.45, 2.75) is 139 Å². The van der Waals surface area contributed by atoms with Gasteiger partial charge in [-0.1, -0.05) is 51.2 Å². The van der Waals surface area contributed by atoms with Crippen molar-refractivity contribution < 1.29 is 19.4 Å². The maximum absolute atomic E-state index is 13.8. The molecule has 18 atom stereocenters. The Hall–Kier alpha value is -1.64. The van der Waals surface area contributed by atoms with Gasteiger partial charge in [0.15, 0.2) is 0 Å². The highest BCUT2D eigenvalue weighted by Gasteiger charge is 2.59. The monoisotopic (exact) mass is 680 g/mol. The second-order valence-electron chi connectivity index (χ2n) is 17.2. The van der Waals surface area contributed by atoms with Crippen LogP contribution < -0.4 is 42.5 Å². The molecule has 0 radical (unpaired) electrons. The normalized spacial score (nSPS) is 51.9. The van der Waals surface area contributed by atoms with Crippen molar-refractivity contribution in [3.05, 3.63) is 12.7 Å². The van der Waals surface area contributed by atoms with Gasteiger partial charge in [0.25, 0.3) is 0 Å². The predicted molar refractivity (Wildman–Crippen MR) is 184 cm³/mol. The molecule has 5 heterocycles. The fraction of sp³-hybridized carbons (Fsp3) is 0.892. The molecule has 12 heteroatoms. The van der Waals surface area contributed by atoms with Crippen molar-refractivity contribution in [1.82, 2.24) is 42.5 Å². The molecule has 9 N–H and O–H groups in total. The molecular formula is C37H60N8O4. The summed E-state index contributed by atoms with van der Waals surface area (Å²) in [6.07, 6.45) is 18.8. The number of aliphatic carboxylic acids is 1. The molecule has 9 aliphatic rings. The van der Waals surface area contributed by atoms with Gasteiger partial charge < -0.3 is 9.84 Å². The number of nitrogens with one attached hydrogen (secondary N) is 8. The highest BCUT2D eigenvalue weighted by Crippen LogP contribution is 2.48. The number of esters is 1. The number of carboxylic acid groups (broad SMARTS) is 1. The van der Waals surface area contributed by atoms with Crippen LogP contribution in [0.5, 0.6) is 0 Å². The van der Waals surface area contributed by atoms with E-state index in [4.69, 9.17) is 4.74 Å². The summed E-state index contributed by atoms with van der Waals surface area (Å²) in [6.45, 7) is 3.83. The third kappa shape index (κ3) is 5.90. The topological polar surface area (TPSA) is 160 Å². The Morgan fingerprint density at radius 1 is 0.531 bits per heavy atom. The standard InChI is InChI=1S/C37H60N8O4/c1-2-17-49-37(48)27-25(36(46)47)16-15-24-26(27)35-44-33-23-14-8-7-13-22(23)31(42-33)40-29-19-10-4-3-9-18(19)28(38-29)39-30-20-11-5-6-12-21(20)32(41-30)43-34(24)45-35/h2,18-35,38-45H,1,3-17H2,(H,46,47). The SMILES string of the molecule is C=CCOC(=O)C1C(C(=O)O)CCC2C3NC4NC(NC5NC(NC6NC(NC(N3)C21)C1CCCCC61)C1CCCCC51)C1CCCCC41. The van der Waals surface area contributed by atoms with Crippen LogP contribution in [0.1, 0.15) is 89.9 Å². The molecule has 49 heavy (non-hydrogen) atoms. The van der Waals surface area contributed by atoms with Gasteiger partial charge in [-0.15, -0.1) is 0 Å². The number of ether oxygens (including phenoxy) is 1. The zero-order chi connectivity index (χ0) is 33.2. The van der Waals surface area contributed by atoms with E-state index in [9.17, 15) is 14.7 Å². The molecular weight excluding hydrogens is 620 g/mol. The molecule has 0 aromatic heterocycles. The van der Waals surface area contributed by atoms with E-state index in [1.54, 1.807) is 6.08 Å². The van der Waals surface area contributed by atoms with Crippen LogP contribution in [0.3, 0.4) is 0 Å². The van der Waals surface area contributed by atoms with Crippen LogP contribution in [0.4, 0.5) is 0 Å². The molecule has 9 rings (SSSR count). The smallest absolute Gasteiger partial charge is 0.310 e. The number of fused-ring (bicyclic) bond motifs is 20. The van der Waals surface area contributed by atoms with Crippen LogP contribution in [0.25, 0.3) is 0 Å². The van der Waals surface area contributed by atoms with E-state index >= 15 is 0 Å². The number of carbonyl (C=O) groups is 2. The number of hydrogen-bond donors (Lipinski definition) is 9. The average Bonchev–Trinajstić information content (AvgIpc) is 3.86. The summed E-state index contributed by atoms with van der Waals surface area (Å²) < 4.78 is 5.67. The molecule has 0 amide bonds. The van der Waals surface area contributed by atoms with Gasteiger partial charge in [-0.05, 0) is 92.8 Å². The minimum Gasteiger partial charge on any atom is -0.481 e. The van der Waals surface area contributed by atoms with Crippen LogP contribution >= 0.6 is 0 Å². The first kappa shape index (κ1) is 33.2. The fourth-order valence-electron chi connectivity index (χ4n) is 12.9. The van der Waals surface area contributed by atoms with E-state index in [0.29, 0.717) is 48.1 Å². The van der Waals surface area contributed by atoms with E-state index in [2.05, 4.69) is 49.1 Å². The quantitative estimate of drug-likeness (QED) is 0.157. The van der Waals surface area contributed by atoms with Crippen LogP contribution in [-0.2, 0) is 14.3 Å². The minimum atomic E-state index is -0.900. The number of carboxylic acids is 1. The maximum Gasteiger partial charge on any atom is 0.310 e. The second kappa shape index (κ2) is 13.7. The molecule has 272 valence electrons. The largest absolute Gasteiger partial charge is 0.481 e. The van der Waals surface area contributed by atoms with E-state index in [1.807, 2.05) is 0 Å². The van der Waals surface area contributed by atoms with Crippen molar-refractivity contribution in [2.75, 3.05) is 6.61 Å². The first-order valence-corrected chi connectivity index (χ1v) is 20.1. The van der Waals surface area contributed by atoms with Crippen LogP contribution in [0, 0.1) is 59.2 Å². The van der Waals surface area contributed by atoms with E-state index < -0.39 is 23.8 Å². The average molecular weight is 681 g/mol. The van der Waals surface area contributed by atoms with Gasteiger partial charge in [-0.25, -0.2) is 0 Å². The molecule has 12 nitrogen and oxygen atoms in total. The lowest BCUT2D eigenvalue weighted by Gasteiger charge is -2.41. The van der Waals surface area contributed by atoms with Crippen molar-refractivity contribution >= 4 is 11.9 Å². The van der Waals surface area contributed by atoms with Crippen LogP contribution in [-0.4, -0.2) is 73.0 Å². The number of carbonyl (C=O) groups excluding carboxylic acids is 1. The van der Waals surface area contributed by atoms with Crippen LogP contribution in [0.15, 0.2) is 12.7 Å². The minimum absolute atomic E-state index is 0.0483. The Kier molecular flexibility index (Phi) is 9.30. The van der Waals surface area contributed by atoms with Gasteiger partial charge in [-0.3, -0.25) is 52.1 Å². The van der Waals surface area contributed by atoms with Crippen molar-refractivity contribution in [3.63, 3.8) is 0 Å². The predicted octanol–water partition coefficient (Wildman–Crippen LogP) is 1.87. The fourth-order valence-corrected chi connectivity index (χ4v) is 12.9. The zero-order valence-electron chi connectivity index (χ0n) is 29.0. The number of rotatable bonds is 4. The van der Waals surface area contributed by atoms with Gasteiger partial charge in [0.05, 0.1) is 61.2 Å². The lowest BCUT2D eigenvalue weighted by Crippen LogP contribution is -2.62. The third-order valence-electron chi connectivity index (χ3n) is 15.0. The summed E-state index contributed by atoms with van der Waals surface area (Å²) in [6, 6.07) is 0. The van der Waals surface area contributed by atoms with Crippen molar-refractivity contribution in [2.24, 2.45) is 59.2 Å². The lowest BCUT2D eigenvalue weighted by molar-refractivity contribution is -0.163. The summed E-state index contributed by atoms with van der Waals surface area (Å²) in [5.74, 6) is 0.412. The Labute approximate surface area is 291 Å². The van der Waals surface area contributed by atoms with E-state index in [-0.39, 0.29) is 61.6 Å². The molecule has 9 fully saturated rings. The van der Waals surface area contributed by atoms with Gasteiger partial charge in [0, 0.05) is 5.92 Å². The Bertz CT molecular complexity index is 1250. The Balaban J connectivity index is 1.08. The highest BCUT2D eigenvalue weighted by molar-refractivity contribution is 5.82. The third-order valence-corrected chi connectivity index (χ3v) is 15.0. The molecule has 0 aromatic rings. The molecule has 4 saturated carbocycles. The summed E-state index contributed by atoms with van der Waals surface area (Å²) in [4.78, 5) is 26.5. The Morgan fingerprint density at radius 3 is 1.22 bits per heavy atom. The van der Waals surface area contributed by atoms with Crippen molar-refractivity contribution in [1.29, 1.82) is 0 Å². The second-order valence-corrected chi connectivity index (χ2v) is 17.2. The molecule has 0 spiro atoms. The van der Waals surface area contributed by atoms with Crippen LogP contribution in [0.2, 0.25) is 0 Å². The van der Waals surface area contributed by atoms with E-state index in [0.717, 1.165) is 6.42 Å². The lowest BCUT2D eigenvalue weighted by atomic mass is 9.66. The maximum atomic E-state index is 13.8. The molecule has 5 aliphatic heterocycles. The highest BCUT2D eigenvalue weighted by atomic mass is 16.5. The first-order valence-electron chi connectivity index (χ1n) is 20.1. The zero-order valence-corrected chi connectivity index (χ0v) is 29.0. The summed E-state index contributed by atoms with van der Waals surface area (Å²) in [7, 11) is 0. The summed E-state index contributed by atoms with van der Waals surface area (Å²) in [5.41, 5.74) is 0. The van der Waals surface area contributed by atoms with Gasteiger partial charge >= 0.3 is 11.9 Å². The van der Waals surface area contributed by atoms with Gasteiger partial charge in [-0.2, -0.15) is 0 Å². The van der Waals surface area contributed by atoms with Gasteiger partial charge in [0.1, 0.15) is 6.61 Å². The van der Waals surface area contributed by atoms with E-state index in [1.165, 1.54) is 77.0 Å². The summed E-state index contributed by atoms with van der Waals surface area (Å²) in [5, 5.41) is 43.1. The molecule has 0 aromatic carbocycles. The number of hydrogen-bond acceptors (Lipinski definition) is 11. The molecule has 4 aliphatic carbocycles. The molecule has 8 bridgehead atoms. The Morgan fingerprint density at radius 2 is 0.878 bits per heavy atom. The summed E-state index contributed by atoms with van der Waals surface area (Å²) >= 11 is 0.